The van der Waals surface area contributed by atoms with E-state index in [4.69, 9.17) is 0 Å². The first-order valence-electron chi connectivity index (χ1n) is 4.82. The first-order valence-corrected chi connectivity index (χ1v) is 4.82. The van der Waals surface area contributed by atoms with E-state index in [9.17, 15) is 9.18 Å². The molecule has 0 radical (unpaired) electrons. The predicted molar refractivity (Wildman–Crippen MR) is 56.6 cm³/mol. The molecule has 5 heteroatoms. The van der Waals surface area contributed by atoms with E-state index in [0.717, 1.165) is 5.69 Å². The Kier molecular flexibility index (Phi) is 2.76. The normalized spacial score (nSPS) is 10.4. The van der Waals surface area contributed by atoms with Crippen molar-refractivity contribution in [3.05, 3.63) is 57.8 Å². The highest BCUT2D eigenvalue weighted by Crippen LogP contribution is 2.02. The van der Waals surface area contributed by atoms with Crippen LogP contribution in [0.2, 0.25) is 0 Å². The van der Waals surface area contributed by atoms with Crippen LogP contribution in [0.1, 0.15) is 17.2 Å². The number of aromatic amines is 1. The van der Waals surface area contributed by atoms with Crippen LogP contribution in [-0.4, -0.2) is 15.0 Å². The summed E-state index contributed by atoms with van der Waals surface area (Å²) in [6, 6.07) is 5.46. The zero-order valence-electron chi connectivity index (χ0n) is 8.70. The number of halogens is 1. The number of rotatable bonds is 2. The topological polar surface area (TPSA) is 58.6 Å². The lowest BCUT2D eigenvalue weighted by molar-refractivity contribution is 0.583. The second kappa shape index (κ2) is 4.22. The number of aryl methyl sites for hydroxylation is 1. The molecule has 2 aromatic heterocycles. The van der Waals surface area contributed by atoms with E-state index >= 15 is 0 Å². The molecule has 2 aromatic rings. The number of aromatic nitrogens is 3. The molecule has 0 unspecified atom stereocenters. The highest BCUT2D eigenvalue weighted by molar-refractivity contribution is 5.12. The van der Waals surface area contributed by atoms with Crippen molar-refractivity contribution in [1.29, 1.82) is 0 Å². The third kappa shape index (κ3) is 2.13. The molecule has 1 N–H and O–H groups in total. The maximum Gasteiger partial charge on any atom is 0.287 e. The number of hydrogen-bond donors (Lipinski definition) is 1. The van der Waals surface area contributed by atoms with Crippen molar-refractivity contribution in [3.8, 4) is 0 Å². The Labute approximate surface area is 91.2 Å². The molecule has 0 saturated heterocycles. The first kappa shape index (κ1) is 10.5. The van der Waals surface area contributed by atoms with Gasteiger partial charge in [0.2, 0.25) is 5.82 Å². The maximum atomic E-state index is 13.0. The molecule has 0 saturated carbocycles. The molecule has 0 fully saturated rings. The van der Waals surface area contributed by atoms with E-state index in [0.29, 0.717) is 12.2 Å². The largest absolute Gasteiger partial charge is 0.308 e. The number of hydrogen-bond acceptors (Lipinski definition) is 3. The van der Waals surface area contributed by atoms with E-state index in [1.165, 1.54) is 6.92 Å². The van der Waals surface area contributed by atoms with Gasteiger partial charge in [0.1, 0.15) is 5.82 Å². The predicted octanol–water partition coefficient (Wildman–Crippen LogP) is 1.20. The Balaban J connectivity index is 2.33. The fourth-order valence-corrected chi connectivity index (χ4v) is 1.39. The molecule has 0 bridgehead atoms. The Morgan fingerprint density at radius 2 is 2.25 bits per heavy atom. The molecule has 0 aromatic carbocycles. The molecule has 2 heterocycles. The van der Waals surface area contributed by atoms with Crippen LogP contribution in [-0.2, 0) is 6.42 Å². The van der Waals surface area contributed by atoms with Gasteiger partial charge in [-0.3, -0.25) is 9.78 Å². The molecule has 0 atom stereocenters. The molecular weight excluding hydrogens is 209 g/mol. The Bertz CT molecular complexity index is 551. The van der Waals surface area contributed by atoms with Gasteiger partial charge in [0, 0.05) is 18.3 Å². The lowest BCUT2D eigenvalue weighted by Gasteiger charge is -2.01. The van der Waals surface area contributed by atoms with E-state index in [1.54, 1.807) is 12.3 Å². The molecule has 0 aliphatic carbocycles. The number of nitrogens with one attached hydrogen (secondary N) is 1. The van der Waals surface area contributed by atoms with Crippen LogP contribution in [0.15, 0.2) is 29.2 Å². The quantitative estimate of drug-likeness (QED) is 0.825. The second-order valence-electron chi connectivity index (χ2n) is 3.41. The SMILES string of the molecule is Cc1nc(Cc2ccccn2)[nH]c(=O)c1F. The van der Waals surface area contributed by atoms with E-state index in [1.807, 2.05) is 12.1 Å². The summed E-state index contributed by atoms with van der Waals surface area (Å²) in [6.45, 7) is 1.46. The molecule has 2 rings (SSSR count). The van der Waals surface area contributed by atoms with Crippen molar-refractivity contribution in [2.45, 2.75) is 13.3 Å². The molecule has 0 aliphatic rings. The van der Waals surface area contributed by atoms with Gasteiger partial charge in [0.15, 0.2) is 0 Å². The first-order chi connectivity index (χ1) is 7.66. The molecular formula is C11H10FN3O. The van der Waals surface area contributed by atoms with Crippen LogP contribution in [0.25, 0.3) is 0 Å². The fraction of sp³-hybridized carbons (Fsp3) is 0.182. The standard InChI is InChI=1S/C11H10FN3O/c1-7-10(12)11(16)15-9(14-7)6-8-4-2-3-5-13-8/h2-5H,6H2,1H3,(H,14,15,16). The minimum Gasteiger partial charge on any atom is -0.308 e. The van der Waals surface area contributed by atoms with Crippen molar-refractivity contribution < 1.29 is 4.39 Å². The summed E-state index contributed by atoms with van der Waals surface area (Å²) in [7, 11) is 0. The van der Waals surface area contributed by atoms with Gasteiger partial charge in [-0.2, -0.15) is 4.39 Å². The molecule has 82 valence electrons. The fourth-order valence-electron chi connectivity index (χ4n) is 1.39. The summed E-state index contributed by atoms with van der Waals surface area (Å²) in [4.78, 5) is 21.6. The average Bonchev–Trinajstić information content (AvgIpc) is 2.27. The lowest BCUT2D eigenvalue weighted by atomic mass is 10.2. The number of H-pyrrole nitrogens is 1. The third-order valence-corrected chi connectivity index (χ3v) is 2.15. The van der Waals surface area contributed by atoms with E-state index in [2.05, 4.69) is 15.0 Å². The highest BCUT2D eigenvalue weighted by Gasteiger charge is 2.07. The van der Waals surface area contributed by atoms with Crippen molar-refractivity contribution in [3.63, 3.8) is 0 Å². The summed E-state index contributed by atoms with van der Waals surface area (Å²) in [6.07, 6.45) is 2.04. The zero-order valence-corrected chi connectivity index (χ0v) is 8.70. The maximum absolute atomic E-state index is 13.0. The van der Waals surface area contributed by atoms with Crippen molar-refractivity contribution in [1.82, 2.24) is 15.0 Å². The summed E-state index contributed by atoms with van der Waals surface area (Å²) in [5, 5.41) is 0. The summed E-state index contributed by atoms with van der Waals surface area (Å²) < 4.78 is 13.0. The number of nitrogens with zero attached hydrogens (tertiary/aromatic N) is 2. The van der Waals surface area contributed by atoms with Gasteiger partial charge in [0.05, 0.1) is 5.69 Å². The second-order valence-corrected chi connectivity index (χ2v) is 3.41. The molecule has 0 spiro atoms. The van der Waals surface area contributed by atoms with Gasteiger partial charge in [-0.1, -0.05) is 6.07 Å². The minimum absolute atomic E-state index is 0.106. The van der Waals surface area contributed by atoms with Crippen LogP contribution >= 0.6 is 0 Å². The molecule has 0 aliphatic heterocycles. The third-order valence-electron chi connectivity index (χ3n) is 2.15. The van der Waals surface area contributed by atoms with E-state index in [-0.39, 0.29) is 5.69 Å². The van der Waals surface area contributed by atoms with Crippen LogP contribution in [0.5, 0.6) is 0 Å². The van der Waals surface area contributed by atoms with Crippen LogP contribution in [0.3, 0.4) is 0 Å². The monoisotopic (exact) mass is 219 g/mol. The minimum atomic E-state index is -0.829. The summed E-state index contributed by atoms with van der Waals surface area (Å²) in [5.41, 5.74) is 0.143. The summed E-state index contributed by atoms with van der Waals surface area (Å²) >= 11 is 0. The molecule has 0 amide bonds. The Morgan fingerprint density at radius 1 is 1.44 bits per heavy atom. The van der Waals surface area contributed by atoms with Crippen molar-refractivity contribution in [2.24, 2.45) is 0 Å². The zero-order chi connectivity index (χ0) is 11.5. The summed E-state index contributed by atoms with van der Waals surface area (Å²) in [5.74, 6) is -0.410. The molecule has 16 heavy (non-hydrogen) atoms. The lowest BCUT2D eigenvalue weighted by Crippen LogP contribution is -2.17. The van der Waals surface area contributed by atoms with Gasteiger partial charge < -0.3 is 4.98 Å². The van der Waals surface area contributed by atoms with Crippen molar-refractivity contribution in [2.75, 3.05) is 0 Å². The van der Waals surface area contributed by atoms with Crippen LogP contribution in [0, 0.1) is 12.7 Å². The molecule has 4 nitrogen and oxygen atoms in total. The van der Waals surface area contributed by atoms with Crippen LogP contribution < -0.4 is 5.56 Å². The average molecular weight is 219 g/mol. The van der Waals surface area contributed by atoms with Gasteiger partial charge in [-0.05, 0) is 19.1 Å². The van der Waals surface area contributed by atoms with Crippen molar-refractivity contribution >= 4 is 0 Å². The van der Waals surface area contributed by atoms with Gasteiger partial charge in [-0.15, -0.1) is 0 Å². The van der Waals surface area contributed by atoms with E-state index < -0.39 is 11.4 Å². The Hall–Kier alpha value is -2.04. The van der Waals surface area contributed by atoms with Crippen LogP contribution in [0.4, 0.5) is 4.39 Å². The Morgan fingerprint density at radius 3 is 2.88 bits per heavy atom. The number of pyridine rings is 1. The van der Waals surface area contributed by atoms with Gasteiger partial charge >= 0.3 is 0 Å². The smallest absolute Gasteiger partial charge is 0.287 e. The highest BCUT2D eigenvalue weighted by atomic mass is 19.1. The van der Waals surface area contributed by atoms with Gasteiger partial charge in [-0.25, -0.2) is 4.98 Å². The van der Waals surface area contributed by atoms with Gasteiger partial charge in [0.25, 0.3) is 5.56 Å².